The molecule has 1 saturated heterocycles. The Balaban J connectivity index is 2.11. The molecule has 0 aromatic carbocycles. The van der Waals surface area contributed by atoms with E-state index in [1.54, 1.807) is 17.9 Å². The second-order valence-corrected chi connectivity index (χ2v) is 6.91. The minimum Gasteiger partial charge on any atom is -0.481 e. The van der Waals surface area contributed by atoms with E-state index in [1.807, 2.05) is 6.07 Å². The number of aliphatic carboxylic acids is 1. The monoisotopic (exact) mass is 317 g/mol. The smallest absolute Gasteiger partial charge is 0.311 e. The summed E-state index contributed by atoms with van der Waals surface area (Å²) in [5, 5.41) is 9.10. The first-order valence-electron chi connectivity index (χ1n) is 5.20. The van der Waals surface area contributed by atoms with Gasteiger partial charge in [0, 0.05) is 13.1 Å². The first kappa shape index (κ1) is 12.6. The standard InChI is InChI=1S/C11H12BrNO3S/c1-11(10(15)16)4-5-13(6-11)9(14)7-2-3-8(12)17-7/h2-3H,4-6H2,1H3,(H,15,16)/t11-/m0/s1. The van der Waals surface area contributed by atoms with Crippen LogP contribution in [0.1, 0.15) is 23.0 Å². The highest BCUT2D eigenvalue weighted by molar-refractivity contribution is 9.11. The lowest BCUT2D eigenvalue weighted by atomic mass is 9.90. The van der Waals surface area contributed by atoms with Crippen LogP contribution in [0, 0.1) is 5.41 Å². The Hall–Kier alpha value is -0.880. The molecule has 0 bridgehead atoms. The average molecular weight is 318 g/mol. The lowest BCUT2D eigenvalue weighted by Crippen LogP contribution is -2.34. The maximum Gasteiger partial charge on any atom is 0.311 e. The van der Waals surface area contributed by atoms with Gasteiger partial charge in [-0.05, 0) is 41.4 Å². The summed E-state index contributed by atoms with van der Waals surface area (Å²) in [4.78, 5) is 25.4. The summed E-state index contributed by atoms with van der Waals surface area (Å²) in [7, 11) is 0. The summed E-state index contributed by atoms with van der Waals surface area (Å²) in [6.45, 7) is 2.49. The Labute approximate surface area is 111 Å². The molecule has 2 rings (SSSR count). The molecule has 1 amide bonds. The van der Waals surface area contributed by atoms with Crippen LogP contribution in [0.25, 0.3) is 0 Å². The number of hydrogen-bond donors (Lipinski definition) is 1. The van der Waals surface area contributed by atoms with Gasteiger partial charge in [-0.1, -0.05) is 0 Å². The van der Waals surface area contributed by atoms with Gasteiger partial charge >= 0.3 is 5.97 Å². The quantitative estimate of drug-likeness (QED) is 0.911. The van der Waals surface area contributed by atoms with Crippen molar-refractivity contribution >= 4 is 39.1 Å². The Morgan fingerprint density at radius 1 is 1.53 bits per heavy atom. The van der Waals surface area contributed by atoms with Crippen molar-refractivity contribution in [2.45, 2.75) is 13.3 Å². The molecule has 2 heterocycles. The van der Waals surface area contributed by atoms with Gasteiger partial charge in [0.2, 0.25) is 0 Å². The number of halogens is 1. The number of nitrogens with zero attached hydrogens (tertiary/aromatic N) is 1. The highest BCUT2D eigenvalue weighted by Gasteiger charge is 2.42. The van der Waals surface area contributed by atoms with E-state index in [9.17, 15) is 9.59 Å². The van der Waals surface area contributed by atoms with Crippen LogP contribution in [0.3, 0.4) is 0 Å². The molecule has 1 fully saturated rings. The molecule has 17 heavy (non-hydrogen) atoms. The number of carbonyl (C=O) groups is 2. The van der Waals surface area contributed by atoms with Crippen molar-refractivity contribution in [2.75, 3.05) is 13.1 Å². The molecule has 0 saturated carbocycles. The minimum atomic E-state index is -0.833. The second-order valence-electron chi connectivity index (χ2n) is 4.45. The van der Waals surface area contributed by atoms with Gasteiger partial charge in [-0.15, -0.1) is 11.3 Å². The number of rotatable bonds is 2. The second kappa shape index (κ2) is 4.42. The molecule has 92 valence electrons. The van der Waals surface area contributed by atoms with E-state index in [2.05, 4.69) is 15.9 Å². The first-order chi connectivity index (χ1) is 7.92. The van der Waals surface area contributed by atoms with Gasteiger partial charge in [0.25, 0.3) is 5.91 Å². The molecule has 1 aromatic rings. The van der Waals surface area contributed by atoms with Gasteiger partial charge in [-0.2, -0.15) is 0 Å². The van der Waals surface area contributed by atoms with Crippen molar-refractivity contribution in [3.8, 4) is 0 Å². The summed E-state index contributed by atoms with van der Waals surface area (Å²) in [5.41, 5.74) is -0.801. The molecule has 6 heteroatoms. The van der Waals surface area contributed by atoms with Crippen LogP contribution in [-0.4, -0.2) is 35.0 Å². The molecule has 1 atom stereocenters. The van der Waals surface area contributed by atoms with E-state index >= 15 is 0 Å². The first-order valence-corrected chi connectivity index (χ1v) is 6.81. The Bertz CT molecular complexity index is 473. The number of hydrogen-bond acceptors (Lipinski definition) is 3. The zero-order chi connectivity index (χ0) is 12.6. The molecule has 1 aliphatic heterocycles. The normalized spacial score (nSPS) is 24.0. The van der Waals surface area contributed by atoms with Gasteiger partial charge in [0.15, 0.2) is 0 Å². The molecule has 0 unspecified atom stereocenters. The summed E-state index contributed by atoms with van der Waals surface area (Å²) in [5.74, 6) is -0.911. The molecule has 1 aromatic heterocycles. The van der Waals surface area contributed by atoms with E-state index in [4.69, 9.17) is 5.11 Å². The van der Waals surface area contributed by atoms with Gasteiger partial charge in [0.1, 0.15) is 0 Å². The van der Waals surface area contributed by atoms with Gasteiger partial charge in [-0.25, -0.2) is 0 Å². The fraction of sp³-hybridized carbons (Fsp3) is 0.455. The minimum absolute atomic E-state index is 0.0781. The molecule has 0 aliphatic carbocycles. The predicted octanol–water partition coefficient (Wildman–Crippen LogP) is 2.45. The highest BCUT2D eigenvalue weighted by Crippen LogP contribution is 2.32. The third-order valence-corrected chi connectivity index (χ3v) is 4.67. The lowest BCUT2D eigenvalue weighted by molar-refractivity contribution is -0.147. The van der Waals surface area contributed by atoms with Crippen molar-refractivity contribution in [1.82, 2.24) is 4.90 Å². The van der Waals surface area contributed by atoms with Gasteiger partial charge in [0.05, 0.1) is 14.1 Å². The third kappa shape index (κ3) is 2.37. The Kier molecular flexibility index (Phi) is 3.27. The molecular formula is C11H12BrNO3S. The topological polar surface area (TPSA) is 57.6 Å². The number of carboxylic acids is 1. The van der Waals surface area contributed by atoms with E-state index in [-0.39, 0.29) is 12.5 Å². The van der Waals surface area contributed by atoms with Crippen molar-refractivity contribution < 1.29 is 14.7 Å². The summed E-state index contributed by atoms with van der Waals surface area (Å²) in [6.07, 6.45) is 0.515. The van der Waals surface area contributed by atoms with Crippen molar-refractivity contribution in [1.29, 1.82) is 0 Å². The number of amides is 1. The van der Waals surface area contributed by atoms with Crippen molar-refractivity contribution in [2.24, 2.45) is 5.41 Å². The number of likely N-dealkylation sites (tertiary alicyclic amines) is 1. The molecule has 1 aliphatic rings. The highest BCUT2D eigenvalue weighted by atomic mass is 79.9. The Morgan fingerprint density at radius 3 is 2.71 bits per heavy atom. The van der Waals surface area contributed by atoms with Crippen LogP contribution < -0.4 is 0 Å². The number of carbonyl (C=O) groups excluding carboxylic acids is 1. The van der Waals surface area contributed by atoms with E-state index < -0.39 is 11.4 Å². The van der Waals surface area contributed by atoms with Crippen LogP contribution >= 0.6 is 27.3 Å². The lowest BCUT2D eigenvalue weighted by Gasteiger charge is -2.19. The molecule has 0 radical (unpaired) electrons. The fourth-order valence-electron chi connectivity index (χ4n) is 1.89. The van der Waals surface area contributed by atoms with Crippen molar-refractivity contribution in [3.63, 3.8) is 0 Å². The maximum absolute atomic E-state index is 12.1. The van der Waals surface area contributed by atoms with Crippen LogP contribution in [0.4, 0.5) is 0 Å². The van der Waals surface area contributed by atoms with E-state index in [0.29, 0.717) is 17.8 Å². The van der Waals surface area contributed by atoms with Crippen LogP contribution in [0.2, 0.25) is 0 Å². The fourth-order valence-corrected chi connectivity index (χ4v) is 3.25. The maximum atomic E-state index is 12.1. The predicted molar refractivity (Wildman–Crippen MR) is 68.3 cm³/mol. The molecule has 4 nitrogen and oxygen atoms in total. The zero-order valence-electron chi connectivity index (χ0n) is 9.27. The van der Waals surface area contributed by atoms with Crippen LogP contribution in [-0.2, 0) is 4.79 Å². The summed E-state index contributed by atoms with van der Waals surface area (Å²) in [6, 6.07) is 3.58. The van der Waals surface area contributed by atoms with E-state index in [1.165, 1.54) is 11.3 Å². The van der Waals surface area contributed by atoms with Gasteiger partial charge < -0.3 is 10.0 Å². The molecule has 0 spiro atoms. The van der Waals surface area contributed by atoms with Crippen LogP contribution in [0.5, 0.6) is 0 Å². The van der Waals surface area contributed by atoms with Gasteiger partial charge in [-0.3, -0.25) is 9.59 Å². The Morgan fingerprint density at radius 2 is 2.24 bits per heavy atom. The largest absolute Gasteiger partial charge is 0.481 e. The average Bonchev–Trinajstić information content (AvgIpc) is 2.85. The zero-order valence-corrected chi connectivity index (χ0v) is 11.7. The summed E-state index contributed by atoms with van der Waals surface area (Å²) < 4.78 is 0.904. The SMILES string of the molecule is C[C@]1(C(=O)O)CCN(C(=O)c2ccc(Br)s2)C1. The van der Waals surface area contributed by atoms with Crippen molar-refractivity contribution in [3.05, 3.63) is 20.8 Å². The number of thiophene rings is 1. The van der Waals surface area contributed by atoms with Crippen LogP contribution in [0.15, 0.2) is 15.9 Å². The third-order valence-electron chi connectivity index (χ3n) is 3.06. The van der Waals surface area contributed by atoms with E-state index in [0.717, 1.165) is 3.79 Å². The molecular weight excluding hydrogens is 306 g/mol. The summed E-state index contributed by atoms with van der Waals surface area (Å²) >= 11 is 4.68. The molecule has 1 N–H and O–H groups in total. The number of carboxylic acid groups (broad SMARTS) is 1.